The summed E-state index contributed by atoms with van der Waals surface area (Å²) in [5.41, 5.74) is 7.88. The molecule has 126 valence electrons. The van der Waals surface area contributed by atoms with Gasteiger partial charge >= 0.3 is 0 Å². The van der Waals surface area contributed by atoms with Crippen LogP contribution >= 0.6 is 0 Å². The van der Waals surface area contributed by atoms with E-state index in [2.05, 4.69) is 16.3 Å². The van der Waals surface area contributed by atoms with Crippen LogP contribution in [-0.2, 0) is 6.54 Å². The molecule has 1 aromatic carbocycles. The molecule has 1 aliphatic heterocycles. The largest absolute Gasteiger partial charge is 0.349 e. The first-order valence-corrected chi connectivity index (χ1v) is 9.08. The van der Waals surface area contributed by atoms with Crippen molar-refractivity contribution in [2.45, 2.75) is 51.1 Å². The van der Waals surface area contributed by atoms with Crippen molar-refractivity contribution in [2.24, 2.45) is 11.7 Å². The minimum absolute atomic E-state index is 0.0543. The van der Waals surface area contributed by atoms with Gasteiger partial charge in [-0.15, -0.1) is 0 Å². The van der Waals surface area contributed by atoms with Crippen LogP contribution in [-0.4, -0.2) is 36.5 Å². The van der Waals surface area contributed by atoms with Crippen LogP contribution in [0.1, 0.15) is 54.4 Å². The normalized spacial score (nSPS) is 25.4. The predicted octanol–water partition coefficient (Wildman–Crippen LogP) is 2.53. The molecule has 1 aliphatic carbocycles. The number of nitrogens with one attached hydrogen (secondary N) is 1. The van der Waals surface area contributed by atoms with Crippen LogP contribution in [0.25, 0.3) is 0 Å². The summed E-state index contributed by atoms with van der Waals surface area (Å²) in [4.78, 5) is 15.1. The molecular weight excluding hydrogens is 286 g/mol. The van der Waals surface area contributed by atoms with Crippen LogP contribution in [0, 0.1) is 5.92 Å². The van der Waals surface area contributed by atoms with Crippen molar-refractivity contribution in [1.82, 2.24) is 10.2 Å². The van der Waals surface area contributed by atoms with E-state index in [1.165, 1.54) is 44.3 Å². The van der Waals surface area contributed by atoms with Gasteiger partial charge in [0.25, 0.3) is 5.91 Å². The number of carbonyl (C=O) groups is 1. The van der Waals surface area contributed by atoms with Gasteiger partial charge in [0, 0.05) is 18.2 Å². The molecule has 4 heteroatoms. The van der Waals surface area contributed by atoms with E-state index in [4.69, 9.17) is 5.73 Å². The SMILES string of the molecule is NCC1CCCCC1NC(=O)c1cccc(CN2CCCC2)c1. The molecule has 1 heterocycles. The summed E-state index contributed by atoms with van der Waals surface area (Å²) in [6.07, 6.45) is 7.21. The predicted molar refractivity (Wildman–Crippen MR) is 93.2 cm³/mol. The Morgan fingerprint density at radius 2 is 1.96 bits per heavy atom. The van der Waals surface area contributed by atoms with Crippen LogP contribution in [0.5, 0.6) is 0 Å². The summed E-state index contributed by atoms with van der Waals surface area (Å²) in [5, 5.41) is 3.22. The third-order valence-electron chi connectivity index (χ3n) is 5.32. The molecule has 0 aromatic heterocycles. The van der Waals surface area contributed by atoms with Gasteiger partial charge in [-0.05, 0) is 68.9 Å². The highest BCUT2D eigenvalue weighted by atomic mass is 16.1. The smallest absolute Gasteiger partial charge is 0.251 e. The van der Waals surface area contributed by atoms with Crippen molar-refractivity contribution in [2.75, 3.05) is 19.6 Å². The topological polar surface area (TPSA) is 58.4 Å². The maximum atomic E-state index is 12.6. The second-order valence-electron chi connectivity index (χ2n) is 7.04. The quantitative estimate of drug-likeness (QED) is 0.878. The lowest BCUT2D eigenvalue weighted by Gasteiger charge is -2.31. The molecule has 1 amide bonds. The Hall–Kier alpha value is -1.39. The number of nitrogens with zero attached hydrogens (tertiary/aromatic N) is 1. The number of likely N-dealkylation sites (tertiary alicyclic amines) is 1. The molecule has 2 unspecified atom stereocenters. The van der Waals surface area contributed by atoms with Crippen molar-refractivity contribution >= 4 is 5.91 Å². The van der Waals surface area contributed by atoms with E-state index in [0.717, 1.165) is 24.9 Å². The van der Waals surface area contributed by atoms with Gasteiger partial charge in [0.1, 0.15) is 0 Å². The molecular formula is C19H29N3O. The molecule has 1 saturated heterocycles. The first kappa shape index (κ1) is 16.5. The summed E-state index contributed by atoms with van der Waals surface area (Å²) in [6, 6.07) is 8.33. The summed E-state index contributed by atoms with van der Waals surface area (Å²) in [5.74, 6) is 0.485. The van der Waals surface area contributed by atoms with Crippen LogP contribution in [0.2, 0.25) is 0 Å². The minimum atomic E-state index is 0.0543. The lowest BCUT2D eigenvalue weighted by Crippen LogP contribution is -2.44. The third kappa shape index (κ3) is 4.33. The molecule has 0 bridgehead atoms. The van der Waals surface area contributed by atoms with Gasteiger partial charge in [-0.3, -0.25) is 9.69 Å². The molecule has 2 fully saturated rings. The van der Waals surface area contributed by atoms with Gasteiger partial charge < -0.3 is 11.1 Å². The fourth-order valence-electron chi connectivity index (χ4n) is 3.94. The van der Waals surface area contributed by atoms with Crippen LogP contribution in [0.3, 0.4) is 0 Å². The van der Waals surface area contributed by atoms with E-state index >= 15 is 0 Å². The Bertz CT molecular complexity index is 525. The van der Waals surface area contributed by atoms with Crippen LogP contribution in [0.15, 0.2) is 24.3 Å². The van der Waals surface area contributed by atoms with Crippen molar-refractivity contribution < 1.29 is 4.79 Å². The Kier molecular flexibility index (Phi) is 5.68. The van der Waals surface area contributed by atoms with Crippen molar-refractivity contribution in [3.05, 3.63) is 35.4 Å². The van der Waals surface area contributed by atoms with E-state index in [1.807, 2.05) is 18.2 Å². The second kappa shape index (κ2) is 7.93. The first-order valence-electron chi connectivity index (χ1n) is 9.08. The van der Waals surface area contributed by atoms with E-state index in [9.17, 15) is 4.79 Å². The fraction of sp³-hybridized carbons (Fsp3) is 0.632. The van der Waals surface area contributed by atoms with Crippen LogP contribution < -0.4 is 11.1 Å². The van der Waals surface area contributed by atoms with E-state index < -0.39 is 0 Å². The number of hydrogen-bond donors (Lipinski definition) is 2. The maximum Gasteiger partial charge on any atom is 0.251 e. The summed E-state index contributed by atoms with van der Waals surface area (Å²) in [6.45, 7) is 3.98. The summed E-state index contributed by atoms with van der Waals surface area (Å²) in [7, 11) is 0. The molecule has 23 heavy (non-hydrogen) atoms. The molecule has 0 spiro atoms. The zero-order valence-electron chi connectivity index (χ0n) is 14.0. The number of amides is 1. The van der Waals surface area contributed by atoms with E-state index in [1.54, 1.807) is 0 Å². The minimum Gasteiger partial charge on any atom is -0.349 e. The Morgan fingerprint density at radius 1 is 1.17 bits per heavy atom. The lowest BCUT2D eigenvalue weighted by molar-refractivity contribution is 0.0908. The monoisotopic (exact) mass is 315 g/mol. The molecule has 1 saturated carbocycles. The average Bonchev–Trinajstić information content (AvgIpc) is 3.08. The molecule has 4 nitrogen and oxygen atoms in total. The van der Waals surface area contributed by atoms with Gasteiger partial charge in [0.2, 0.25) is 0 Å². The number of hydrogen-bond acceptors (Lipinski definition) is 3. The van der Waals surface area contributed by atoms with Crippen molar-refractivity contribution in [3.63, 3.8) is 0 Å². The molecule has 2 aliphatic rings. The second-order valence-corrected chi connectivity index (χ2v) is 7.04. The zero-order valence-corrected chi connectivity index (χ0v) is 14.0. The van der Waals surface area contributed by atoms with Gasteiger partial charge in [0.15, 0.2) is 0 Å². The maximum absolute atomic E-state index is 12.6. The number of rotatable bonds is 5. The Morgan fingerprint density at radius 3 is 2.74 bits per heavy atom. The zero-order chi connectivity index (χ0) is 16.1. The Balaban J connectivity index is 1.62. The van der Waals surface area contributed by atoms with Gasteiger partial charge in [-0.25, -0.2) is 0 Å². The highest BCUT2D eigenvalue weighted by Gasteiger charge is 2.25. The van der Waals surface area contributed by atoms with E-state index in [-0.39, 0.29) is 11.9 Å². The first-order chi connectivity index (χ1) is 11.3. The van der Waals surface area contributed by atoms with Gasteiger partial charge in [-0.2, -0.15) is 0 Å². The third-order valence-corrected chi connectivity index (χ3v) is 5.32. The molecule has 3 rings (SSSR count). The van der Waals surface area contributed by atoms with Crippen LogP contribution in [0.4, 0.5) is 0 Å². The van der Waals surface area contributed by atoms with Gasteiger partial charge in [0.05, 0.1) is 0 Å². The number of carbonyl (C=O) groups excluding carboxylic acids is 1. The summed E-state index contributed by atoms with van der Waals surface area (Å²) < 4.78 is 0. The molecule has 3 N–H and O–H groups in total. The average molecular weight is 315 g/mol. The highest BCUT2D eigenvalue weighted by molar-refractivity contribution is 5.94. The van der Waals surface area contributed by atoms with E-state index in [0.29, 0.717) is 12.5 Å². The highest BCUT2D eigenvalue weighted by Crippen LogP contribution is 2.24. The van der Waals surface area contributed by atoms with Crippen molar-refractivity contribution in [1.29, 1.82) is 0 Å². The summed E-state index contributed by atoms with van der Waals surface area (Å²) >= 11 is 0. The van der Waals surface area contributed by atoms with Gasteiger partial charge in [-0.1, -0.05) is 25.0 Å². The molecule has 2 atom stereocenters. The molecule has 0 radical (unpaired) electrons. The number of benzene rings is 1. The number of nitrogens with two attached hydrogens (primary N) is 1. The lowest BCUT2D eigenvalue weighted by atomic mass is 9.84. The van der Waals surface area contributed by atoms with Crippen molar-refractivity contribution in [3.8, 4) is 0 Å². The fourth-order valence-corrected chi connectivity index (χ4v) is 3.94. The molecule has 1 aromatic rings. The Labute approximate surface area is 139 Å². The standard InChI is InChI=1S/C19H29N3O/c20-13-17-7-1-2-9-18(17)21-19(23)16-8-5-6-15(12-16)14-22-10-3-4-11-22/h5-6,8,12,17-18H,1-4,7,9-11,13-14,20H2,(H,21,23).